The number of benzene rings is 2. The van der Waals surface area contributed by atoms with Crippen molar-refractivity contribution < 1.29 is 43.3 Å². The third-order valence-corrected chi connectivity index (χ3v) is 12.4. The molecule has 4 rings (SSSR count). The Bertz CT molecular complexity index is 1700. The summed E-state index contributed by atoms with van der Waals surface area (Å²) in [4.78, 5) is 72.7. The molecule has 1 fully saturated rings. The number of amides is 4. The van der Waals surface area contributed by atoms with E-state index in [0.717, 1.165) is 28.7 Å². The Morgan fingerprint density at radius 2 is 1.45 bits per heavy atom. The lowest BCUT2D eigenvalue weighted by atomic mass is 9.89. The third kappa shape index (κ3) is 10.0. The normalized spacial score (nSPS) is 18.7. The number of carboxylic acids is 1. The number of likely N-dealkylation sites (tertiary alicyclic amines) is 1. The molecule has 0 bridgehead atoms. The summed E-state index contributed by atoms with van der Waals surface area (Å²) in [6.45, 7) is 13.6. The Hall–Kier alpha value is -4.49. The summed E-state index contributed by atoms with van der Waals surface area (Å²) in [6.07, 6.45) is -0.0118. The summed E-state index contributed by atoms with van der Waals surface area (Å²) < 4.78 is 17.5. The zero-order valence-electron chi connectivity index (χ0n) is 36.3. The molecule has 1 aliphatic carbocycles. The summed E-state index contributed by atoms with van der Waals surface area (Å²) in [5.41, 5.74) is 4.40. The van der Waals surface area contributed by atoms with E-state index in [2.05, 4.69) is 17.4 Å². The van der Waals surface area contributed by atoms with Crippen LogP contribution in [0.5, 0.6) is 0 Å². The number of hydrogen-bond acceptors (Lipinski definition) is 8. The first-order chi connectivity index (χ1) is 27.5. The van der Waals surface area contributed by atoms with Gasteiger partial charge in [-0.3, -0.25) is 24.1 Å². The van der Waals surface area contributed by atoms with Crippen LogP contribution in [-0.2, 0) is 33.4 Å². The number of carboxylic acid groups (broad SMARTS) is 1. The highest BCUT2D eigenvalue weighted by atomic mass is 16.6. The van der Waals surface area contributed by atoms with Gasteiger partial charge in [-0.1, -0.05) is 96.5 Å². The van der Waals surface area contributed by atoms with Crippen molar-refractivity contribution in [1.29, 1.82) is 0 Å². The maximum absolute atomic E-state index is 14.5. The van der Waals surface area contributed by atoms with Gasteiger partial charge in [-0.2, -0.15) is 0 Å². The highest BCUT2D eigenvalue weighted by Gasteiger charge is 2.43. The number of carbonyl (C=O) groups is 5. The summed E-state index contributed by atoms with van der Waals surface area (Å²) in [5.74, 6) is -3.69. The lowest BCUT2D eigenvalue weighted by Crippen LogP contribution is -2.60. The molecule has 2 aromatic carbocycles. The van der Waals surface area contributed by atoms with Crippen LogP contribution in [0.2, 0.25) is 0 Å². The molecule has 13 heteroatoms. The van der Waals surface area contributed by atoms with Crippen molar-refractivity contribution in [3.63, 3.8) is 0 Å². The molecule has 2 aromatic rings. The fourth-order valence-electron chi connectivity index (χ4n) is 9.00. The maximum atomic E-state index is 14.5. The van der Waals surface area contributed by atoms with Crippen LogP contribution < -0.4 is 5.32 Å². The highest BCUT2D eigenvalue weighted by Crippen LogP contribution is 2.44. The topological polar surface area (TPSA) is 155 Å². The minimum atomic E-state index is -0.992. The molecule has 13 nitrogen and oxygen atoms in total. The number of nitrogens with zero attached hydrogens (tertiary/aromatic N) is 3. The number of fused-ring (bicyclic) bond motifs is 3. The van der Waals surface area contributed by atoms with Gasteiger partial charge >= 0.3 is 12.1 Å². The van der Waals surface area contributed by atoms with Crippen molar-refractivity contribution in [1.82, 2.24) is 20.0 Å². The molecule has 0 spiro atoms. The Morgan fingerprint density at radius 3 is 1.95 bits per heavy atom. The van der Waals surface area contributed by atoms with Gasteiger partial charge in [0, 0.05) is 40.8 Å². The number of rotatable bonds is 19. The second-order valence-corrected chi connectivity index (χ2v) is 16.8. The first kappa shape index (κ1) is 46.2. The van der Waals surface area contributed by atoms with Gasteiger partial charge in [0.1, 0.15) is 18.7 Å². The van der Waals surface area contributed by atoms with E-state index < -0.39 is 60.3 Å². The van der Waals surface area contributed by atoms with Crippen molar-refractivity contribution in [2.24, 2.45) is 23.7 Å². The second-order valence-electron chi connectivity index (χ2n) is 16.8. The average Bonchev–Trinajstić information content (AvgIpc) is 3.81. The number of aliphatic carboxylic acids is 1. The van der Waals surface area contributed by atoms with Crippen LogP contribution in [0.3, 0.4) is 0 Å². The van der Waals surface area contributed by atoms with Crippen LogP contribution in [0.25, 0.3) is 11.1 Å². The Morgan fingerprint density at radius 1 is 0.862 bits per heavy atom. The molecule has 58 heavy (non-hydrogen) atoms. The van der Waals surface area contributed by atoms with Gasteiger partial charge in [0.25, 0.3) is 0 Å². The van der Waals surface area contributed by atoms with E-state index in [1.165, 1.54) is 19.1 Å². The lowest BCUT2D eigenvalue weighted by Gasteiger charge is -2.41. The first-order valence-corrected chi connectivity index (χ1v) is 20.7. The van der Waals surface area contributed by atoms with Crippen molar-refractivity contribution in [3.05, 3.63) is 59.7 Å². The second kappa shape index (κ2) is 20.5. The predicted molar refractivity (Wildman–Crippen MR) is 222 cm³/mol. The van der Waals surface area contributed by atoms with E-state index in [9.17, 15) is 29.1 Å². The van der Waals surface area contributed by atoms with E-state index in [0.29, 0.717) is 19.4 Å². The molecule has 8 atom stereocenters. The first-order valence-electron chi connectivity index (χ1n) is 20.7. The Labute approximate surface area is 344 Å². The highest BCUT2D eigenvalue weighted by molar-refractivity contribution is 5.92. The smallest absolute Gasteiger partial charge is 0.410 e. The van der Waals surface area contributed by atoms with Crippen molar-refractivity contribution >= 4 is 29.8 Å². The molecule has 1 heterocycles. The fourth-order valence-corrected chi connectivity index (χ4v) is 9.00. The molecule has 2 N–H and O–H groups in total. The van der Waals surface area contributed by atoms with E-state index >= 15 is 0 Å². The van der Waals surface area contributed by atoms with Crippen LogP contribution in [0, 0.1) is 23.7 Å². The van der Waals surface area contributed by atoms with Crippen molar-refractivity contribution in [3.8, 4) is 11.1 Å². The zero-order chi connectivity index (χ0) is 43.0. The van der Waals surface area contributed by atoms with Gasteiger partial charge in [-0.25, -0.2) is 4.79 Å². The summed E-state index contributed by atoms with van der Waals surface area (Å²) in [6, 6.07) is 13.4. The minimum absolute atomic E-state index is 0.0312. The van der Waals surface area contributed by atoms with Crippen LogP contribution >= 0.6 is 0 Å². The van der Waals surface area contributed by atoms with Gasteiger partial charge in [0.05, 0.1) is 36.6 Å². The number of nitrogens with one attached hydrogen (secondary N) is 1. The standard InChI is InChI=1S/C45H66N4O9/c1-12-28(6)40(36(56-10)24-37(50)49-23-17-22-35(49)41(57-11)29(7)44(53)54)47(8)43(52)38(26(2)3)46-42(51)39(27(4)5)48(9)45(55)58-25-34-32-20-15-13-18-30(32)31-19-14-16-21-33(31)34/h13-16,18-21,26-29,34-36,38-41H,12,17,22-25H2,1-11H3,(H,46,51)(H,53,54). The molecule has 0 radical (unpaired) electrons. The van der Waals surface area contributed by atoms with E-state index in [-0.39, 0.29) is 48.5 Å². The van der Waals surface area contributed by atoms with Crippen LogP contribution in [-0.4, -0.2) is 127 Å². The van der Waals surface area contributed by atoms with Gasteiger partial charge in [0.15, 0.2) is 0 Å². The molecule has 4 amide bonds. The quantitative estimate of drug-likeness (QED) is 0.173. The zero-order valence-corrected chi connectivity index (χ0v) is 36.3. The number of carbonyl (C=O) groups excluding carboxylic acids is 4. The molecular formula is C45H66N4O9. The number of likely N-dealkylation sites (N-methyl/N-ethyl adjacent to an activating group) is 2. The number of hydrogen-bond donors (Lipinski definition) is 2. The van der Waals surface area contributed by atoms with Gasteiger partial charge in [-0.05, 0) is 59.8 Å². The van der Waals surface area contributed by atoms with E-state index in [1.807, 2.05) is 77.9 Å². The fraction of sp³-hybridized carbons (Fsp3) is 0.622. The predicted octanol–water partition coefficient (Wildman–Crippen LogP) is 6.04. The van der Waals surface area contributed by atoms with Gasteiger partial charge < -0.3 is 34.4 Å². The molecule has 1 saturated heterocycles. The molecule has 8 unspecified atom stereocenters. The number of ether oxygens (including phenoxy) is 3. The SMILES string of the molecule is CCC(C)C(C(CC(=O)N1CCCC1C(OC)C(C)C(=O)O)OC)N(C)C(=O)C(NC(=O)C(C(C)C)N(C)C(=O)OCC1c2ccccc2-c2ccccc21)C(C)C. The summed E-state index contributed by atoms with van der Waals surface area (Å²) in [5, 5.41) is 12.7. The average molecular weight is 807 g/mol. The summed E-state index contributed by atoms with van der Waals surface area (Å²) in [7, 11) is 6.21. The van der Waals surface area contributed by atoms with Crippen molar-refractivity contribution in [2.45, 2.75) is 116 Å². The van der Waals surface area contributed by atoms with Crippen LogP contribution in [0.1, 0.15) is 91.2 Å². The minimum Gasteiger partial charge on any atom is -0.481 e. The van der Waals surface area contributed by atoms with Gasteiger partial charge in [-0.15, -0.1) is 0 Å². The molecule has 0 saturated carbocycles. The largest absolute Gasteiger partial charge is 0.481 e. The van der Waals surface area contributed by atoms with Crippen LogP contribution in [0.4, 0.5) is 4.79 Å². The molecule has 2 aliphatic rings. The lowest BCUT2D eigenvalue weighted by molar-refractivity contribution is -0.152. The van der Waals surface area contributed by atoms with E-state index in [1.54, 1.807) is 30.8 Å². The van der Waals surface area contributed by atoms with Gasteiger partial charge in [0.2, 0.25) is 17.7 Å². The monoisotopic (exact) mass is 806 g/mol. The third-order valence-electron chi connectivity index (χ3n) is 12.4. The molecule has 0 aromatic heterocycles. The number of methoxy groups -OCH3 is 2. The molecular weight excluding hydrogens is 741 g/mol. The van der Waals surface area contributed by atoms with Crippen molar-refractivity contribution in [2.75, 3.05) is 41.5 Å². The summed E-state index contributed by atoms with van der Waals surface area (Å²) >= 11 is 0. The maximum Gasteiger partial charge on any atom is 0.410 e. The van der Waals surface area contributed by atoms with Crippen LogP contribution in [0.15, 0.2) is 48.5 Å². The Balaban J connectivity index is 1.48. The Kier molecular flexibility index (Phi) is 16.3. The molecule has 320 valence electrons. The molecule has 1 aliphatic heterocycles. The van der Waals surface area contributed by atoms with E-state index in [4.69, 9.17) is 14.2 Å².